The second-order valence-corrected chi connectivity index (χ2v) is 8.64. The number of anilines is 1. The Balaban J connectivity index is 1.11. The average Bonchev–Trinajstić information content (AvgIpc) is 3.27. The van der Waals surface area contributed by atoms with Gasteiger partial charge in [0.25, 0.3) is 5.56 Å². The molecule has 0 saturated carbocycles. The van der Waals surface area contributed by atoms with E-state index in [2.05, 4.69) is 44.4 Å². The standard InChI is InChI=1S/C24H25N3O2S/c28-24-21-17-19(6-5-18(21)7-9-25-24)29-15-2-10-26-11-13-27(14-12-26)22-3-1-4-23-20(22)8-16-30-23/h1,3-9,16-17H,2,10-15H2,(H,25,28). The molecule has 5 nitrogen and oxygen atoms in total. The minimum absolute atomic E-state index is 0.0750. The Bertz CT molecular complexity index is 1210. The van der Waals surface area contributed by atoms with E-state index in [9.17, 15) is 4.79 Å². The lowest BCUT2D eigenvalue weighted by molar-refractivity contribution is 0.225. The summed E-state index contributed by atoms with van der Waals surface area (Å²) in [7, 11) is 0. The van der Waals surface area contributed by atoms with Crippen molar-refractivity contribution in [2.75, 3.05) is 44.2 Å². The number of piperazine rings is 1. The first-order valence-corrected chi connectivity index (χ1v) is 11.3. The molecule has 5 rings (SSSR count). The minimum Gasteiger partial charge on any atom is -0.494 e. The van der Waals surface area contributed by atoms with Crippen LogP contribution in [-0.4, -0.2) is 49.2 Å². The first-order valence-electron chi connectivity index (χ1n) is 10.5. The van der Waals surface area contributed by atoms with Crippen LogP contribution in [0.4, 0.5) is 5.69 Å². The number of aromatic amines is 1. The third-order valence-corrected chi connectivity index (χ3v) is 6.70. The van der Waals surface area contributed by atoms with E-state index in [1.54, 1.807) is 6.20 Å². The van der Waals surface area contributed by atoms with Crippen molar-refractivity contribution in [1.82, 2.24) is 9.88 Å². The molecule has 6 heteroatoms. The van der Waals surface area contributed by atoms with Crippen LogP contribution >= 0.6 is 11.3 Å². The molecule has 1 N–H and O–H groups in total. The highest BCUT2D eigenvalue weighted by atomic mass is 32.1. The normalized spacial score (nSPS) is 15.1. The van der Waals surface area contributed by atoms with Gasteiger partial charge >= 0.3 is 0 Å². The maximum Gasteiger partial charge on any atom is 0.255 e. The third kappa shape index (κ3) is 3.93. The summed E-state index contributed by atoms with van der Waals surface area (Å²) in [6.45, 7) is 5.96. The molecule has 0 amide bonds. The second-order valence-electron chi connectivity index (χ2n) is 7.70. The number of benzene rings is 2. The molecule has 1 aliphatic rings. The Labute approximate surface area is 179 Å². The predicted octanol–water partition coefficient (Wildman–Crippen LogP) is 4.33. The van der Waals surface area contributed by atoms with Crippen molar-refractivity contribution < 1.29 is 4.74 Å². The van der Waals surface area contributed by atoms with Gasteiger partial charge in [0.2, 0.25) is 0 Å². The largest absolute Gasteiger partial charge is 0.494 e. The fraction of sp³-hybridized carbons (Fsp3) is 0.292. The van der Waals surface area contributed by atoms with Crippen LogP contribution in [0.2, 0.25) is 0 Å². The van der Waals surface area contributed by atoms with Crippen LogP contribution in [0.3, 0.4) is 0 Å². The molecule has 4 aromatic rings. The fourth-order valence-electron chi connectivity index (χ4n) is 4.20. The van der Waals surface area contributed by atoms with Crippen molar-refractivity contribution in [2.24, 2.45) is 0 Å². The van der Waals surface area contributed by atoms with Crippen LogP contribution in [0, 0.1) is 0 Å². The molecule has 1 aliphatic heterocycles. The molecule has 1 saturated heterocycles. The Morgan fingerprint density at radius 3 is 2.80 bits per heavy atom. The molecule has 1 fully saturated rings. The van der Waals surface area contributed by atoms with Gasteiger partial charge in [-0.25, -0.2) is 0 Å². The smallest absolute Gasteiger partial charge is 0.255 e. The van der Waals surface area contributed by atoms with Crippen molar-refractivity contribution in [1.29, 1.82) is 0 Å². The average molecular weight is 420 g/mol. The van der Waals surface area contributed by atoms with Crippen molar-refractivity contribution in [3.05, 3.63) is 70.5 Å². The number of nitrogens with one attached hydrogen (secondary N) is 1. The predicted molar refractivity (Wildman–Crippen MR) is 125 cm³/mol. The van der Waals surface area contributed by atoms with Crippen molar-refractivity contribution in [3.63, 3.8) is 0 Å². The summed E-state index contributed by atoms with van der Waals surface area (Å²) in [5.41, 5.74) is 1.29. The van der Waals surface area contributed by atoms with Gasteiger partial charge in [-0.15, -0.1) is 11.3 Å². The summed E-state index contributed by atoms with van der Waals surface area (Å²) < 4.78 is 7.26. The molecule has 0 radical (unpaired) electrons. The molecule has 0 aliphatic carbocycles. The van der Waals surface area contributed by atoms with Crippen LogP contribution in [0.5, 0.6) is 5.75 Å². The number of H-pyrrole nitrogens is 1. The monoisotopic (exact) mass is 419 g/mol. The maximum absolute atomic E-state index is 11.9. The van der Waals surface area contributed by atoms with Gasteiger partial charge in [0.05, 0.1) is 12.0 Å². The highest BCUT2D eigenvalue weighted by molar-refractivity contribution is 7.17. The lowest BCUT2D eigenvalue weighted by Gasteiger charge is -2.36. The molecular formula is C24H25N3O2S. The fourth-order valence-corrected chi connectivity index (χ4v) is 5.00. The first-order chi connectivity index (χ1) is 14.8. The van der Waals surface area contributed by atoms with E-state index in [1.807, 2.05) is 35.6 Å². The third-order valence-electron chi connectivity index (χ3n) is 5.82. The SMILES string of the molecule is O=c1[nH]ccc2ccc(OCCCN3CCN(c4cccc5sccc45)CC3)cc12. The van der Waals surface area contributed by atoms with Gasteiger partial charge < -0.3 is 14.6 Å². The Morgan fingerprint density at radius 2 is 1.90 bits per heavy atom. The van der Waals surface area contributed by atoms with Gasteiger partial charge in [-0.05, 0) is 53.6 Å². The van der Waals surface area contributed by atoms with Gasteiger partial charge in [-0.1, -0.05) is 12.1 Å². The zero-order valence-corrected chi connectivity index (χ0v) is 17.7. The number of rotatable bonds is 6. The van der Waals surface area contributed by atoms with E-state index in [0.29, 0.717) is 12.0 Å². The molecular weight excluding hydrogens is 394 g/mol. The van der Waals surface area contributed by atoms with Gasteiger partial charge in [0.15, 0.2) is 0 Å². The van der Waals surface area contributed by atoms with Crippen molar-refractivity contribution in [2.45, 2.75) is 6.42 Å². The number of fused-ring (bicyclic) bond motifs is 2. The molecule has 0 spiro atoms. The summed E-state index contributed by atoms with van der Waals surface area (Å²) in [5, 5.41) is 5.16. The zero-order valence-electron chi connectivity index (χ0n) is 16.8. The Kier molecular flexibility index (Phi) is 5.43. The molecule has 30 heavy (non-hydrogen) atoms. The highest BCUT2D eigenvalue weighted by Gasteiger charge is 2.18. The maximum atomic E-state index is 11.9. The molecule has 0 bridgehead atoms. The topological polar surface area (TPSA) is 48.6 Å². The van der Waals surface area contributed by atoms with E-state index in [1.165, 1.54) is 15.8 Å². The van der Waals surface area contributed by atoms with Crippen LogP contribution in [0.1, 0.15) is 6.42 Å². The molecule has 2 aromatic heterocycles. The quantitative estimate of drug-likeness (QED) is 0.473. The first kappa shape index (κ1) is 19.2. The van der Waals surface area contributed by atoms with Gasteiger partial charge in [-0.2, -0.15) is 0 Å². The van der Waals surface area contributed by atoms with E-state index < -0.39 is 0 Å². The molecule has 3 heterocycles. The number of nitrogens with zero attached hydrogens (tertiary/aromatic N) is 2. The number of hydrogen-bond acceptors (Lipinski definition) is 5. The summed E-state index contributed by atoms with van der Waals surface area (Å²) in [5.74, 6) is 0.757. The Morgan fingerprint density at radius 1 is 1.00 bits per heavy atom. The minimum atomic E-state index is -0.0750. The molecule has 0 unspecified atom stereocenters. The number of pyridine rings is 1. The summed E-state index contributed by atoms with van der Waals surface area (Å²) in [4.78, 5) is 19.7. The van der Waals surface area contributed by atoms with Crippen LogP contribution in [-0.2, 0) is 0 Å². The number of hydrogen-bond donors (Lipinski definition) is 1. The molecule has 2 aromatic carbocycles. The summed E-state index contributed by atoms with van der Waals surface area (Å²) in [6.07, 6.45) is 2.65. The number of thiophene rings is 1. The second kappa shape index (κ2) is 8.50. The van der Waals surface area contributed by atoms with Crippen molar-refractivity contribution in [3.8, 4) is 5.75 Å². The van der Waals surface area contributed by atoms with E-state index in [0.717, 1.165) is 50.3 Å². The zero-order chi connectivity index (χ0) is 20.3. The lowest BCUT2D eigenvalue weighted by Crippen LogP contribution is -2.46. The van der Waals surface area contributed by atoms with Gasteiger partial charge in [0, 0.05) is 54.7 Å². The van der Waals surface area contributed by atoms with E-state index in [4.69, 9.17) is 4.74 Å². The Hall–Kier alpha value is -2.83. The highest BCUT2D eigenvalue weighted by Crippen LogP contribution is 2.31. The lowest BCUT2D eigenvalue weighted by atomic mass is 10.1. The number of aromatic nitrogens is 1. The van der Waals surface area contributed by atoms with Crippen LogP contribution in [0.15, 0.2) is 64.9 Å². The van der Waals surface area contributed by atoms with Gasteiger partial charge in [-0.3, -0.25) is 9.69 Å². The molecule has 154 valence electrons. The summed E-state index contributed by atoms with van der Waals surface area (Å²) in [6, 6.07) is 16.5. The molecule has 0 atom stereocenters. The number of ether oxygens (including phenoxy) is 1. The van der Waals surface area contributed by atoms with E-state index in [-0.39, 0.29) is 5.56 Å². The van der Waals surface area contributed by atoms with Crippen LogP contribution in [0.25, 0.3) is 20.9 Å². The van der Waals surface area contributed by atoms with Crippen molar-refractivity contribution >= 4 is 37.9 Å². The van der Waals surface area contributed by atoms with Crippen LogP contribution < -0.4 is 15.2 Å². The van der Waals surface area contributed by atoms with E-state index >= 15 is 0 Å². The van der Waals surface area contributed by atoms with Gasteiger partial charge in [0.1, 0.15) is 5.75 Å². The summed E-state index contributed by atoms with van der Waals surface area (Å²) >= 11 is 1.81.